The smallest absolute Gasteiger partial charge is 0.224 e. The number of rotatable bonds is 4. The van der Waals surface area contributed by atoms with Gasteiger partial charge in [0.15, 0.2) is 0 Å². The molecule has 19 heavy (non-hydrogen) atoms. The molecule has 2 heterocycles. The average Bonchev–Trinajstić information content (AvgIpc) is 2.68. The van der Waals surface area contributed by atoms with Gasteiger partial charge < -0.3 is 5.32 Å². The minimum absolute atomic E-state index is 0.0330. The van der Waals surface area contributed by atoms with Crippen molar-refractivity contribution < 1.29 is 4.79 Å². The van der Waals surface area contributed by atoms with E-state index in [9.17, 15) is 4.79 Å². The maximum atomic E-state index is 11.9. The van der Waals surface area contributed by atoms with Crippen molar-refractivity contribution in [2.24, 2.45) is 0 Å². The van der Waals surface area contributed by atoms with Gasteiger partial charge in [-0.1, -0.05) is 15.9 Å². The summed E-state index contributed by atoms with van der Waals surface area (Å²) in [6.45, 7) is 4.23. The van der Waals surface area contributed by atoms with Crippen LogP contribution in [0.5, 0.6) is 0 Å². The highest BCUT2D eigenvalue weighted by Gasteiger charge is 2.11. The van der Waals surface area contributed by atoms with Crippen molar-refractivity contribution in [3.63, 3.8) is 0 Å². The van der Waals surface area contributed by atoms with Gasteiger partial charge >= 0.3 is 0 Å². The molecule has 2 aromatic heterocycles. The Bertz CT molecular complexity index is 575. The van der Waals surface area contributed by atoms with Crippen LogP contribution in [0, 0.1) is 13.8 Å². The van der Waals surface area contributed by atoms with E-state index >= 15 is 0 Å². The molecule has 0 radical (unpaired) electrons. The molecule has 2 aromatic rings. The standard InChI is InChI=1S/C13H15BrN4O/c1-8-12(9(2)18-17-8)6-13(19)16-7-11-5-10(14)3-4-15-11/h3-5H,6-7H2,1-2H3,(H,16,19)(H,17,18). The molecule has 1 amide bonds. The number of amides is 1. The first kappa shape index (κ1) is 13.7. The predicted octanol–water partition coefficient (Wildman–Crippen LogP) is 2.04. The van der Waals surface area contributed by atoms with Crippen LogP contribution in [-0.4, -0.2) is 21.1 Å². The zero-order valence-electron chi connectivity index (χ0n) is 10.8. The van der Waals surface area contributed by atoms with Crippen LogP contribution >= 0.6 is 15.9 Å². The third-order valence-corrected chi connectivity index (χ3v) is 3.36. The minimum Gasteiger partial charge on any atom is -0.350 e. The molecular formula is C13H15BrN4O. The van der Waals surface area contributed by atoms with Crippen LogP contribution in [0.15, 0.2) is 22.8 Å². The molecule has 0 spiro atoms. The van der Waals surface area contributed by atoms with Gasteiger partial charge in [-0.25, -0.2) is 0 Å². The van der Waals surface area contributed by atoms with E-state index in [2.05, 4.69) is 36.4 Å². The van der Waals surface area contributed by atoms with Gasteiger partial charge in [0.2, 0.25) is 5.91 Å². The van der Waals surface area contributed by atoms with Gasteiger partial charge in [0.1, 0.15) is 0 Å². The molecule has 2 N–H and O–H groups in total. The van der Waals surface area contributed by atoms with Gasteiger partial charge in [0, 0.05) is 21.9 Å². The number of nitrogens with one attached hydrogen (secondary N) is 2. The summed E-state index contributed by atoms with van der Waals surface area (Å²) < 4.78 is 0.952. The molecule has 100 valence electrons. The summed E-state index contributed by atoms with van der Waals surface area (Å²) in [6, 6.07) is 3.73. The number of hydrogen-bond acceptors (Lipinski definition) is 3. The Hall–Kier alpha value is -1.69. The Morgan fingerprint density at radius 1 is 1.47 bits per heavy atom. The first-order chi connectivity index (χ1) is 9.06. The SMILES string of the molecule is Cc1n[nH]c(C)c1CC(=O)NCc1cc(Br)ccn1. The van der Waals surface area contributed by atoms with Crippen LogP contribution in [0.1, 0.15) is 22.6 Å². The molecule has 6 heteroatoms. The summed E-state index contributed by atoms with van der Waals surface area (Å²) in [4.78, 5) is 16.1. The first-order valence-electron chi connectivity index (χ1n) is 5.94. The van der Waals surface area contributed by atoms with Crippen molar-refractivity contribution >= 4 is 21.8 Å². The molecule has 0 fully saturated rings. The molecule has 0 aliphatic heterocycles. The molecule has 0 atom stereocenters. The predicted molar refractivity (Wildman–Crippen MR) is 75.5 cm³/mol. The third kappa shape index (κ3) is 3.64. The molecular weight excluding hydrogens is 308 g/mol. The van der Waals surface area contributed by atoms with E-state index in [1.165, 1.54) is 0 Å². The van der Waals surface area contributed by atoms with Gasteiger partial charge in [-0.15, -0.1) is 0 Å². The Labute approximate surface area is 120 Å². The summed E-state index contributed by atoms with van der Waals surface area (Å²) in [7, 11) is 0. The second-order valence-corrected chi connectivity index (χ2v) is 5.25. The van der Waals surface area contributed by atoms with Gasteiger partial charge in [0.25, 0.3) is 0 Å². The number of aromatic nitrogens is 3. The number of aryl methyl sites for hydroxylation is 2. The highest BCUT2D eigenvalue weighted by molar-refractivity contribution is 9.10. The summed E-state index contributed by atoms with van der Waals surface area (Å²) >= 11 is 3.37. The van der Waals surface area contributed by atoms with Gasteiger partial charge in [-0.3, -0.25) is 14.9 Å². The lowest BCUT2D eigenvalue weighted by molar-refractivity contribution is -0.120. The molecule has 0 aliphatic rings. The van der Waals surface area contributed by atoms with E-state index in [1.54, 1.807) is 6.20 Å². The number of H-pyrrole nitrogens is 1. The maximum absolute atomic E-state index is 11.9. The Balaban J connectivity index is 1.92. The molecule has 5 nitrogen and oxygen atoms in total. The van der Waals surface area contributed by atoms with E-state index in [1.807, 2.05) is 26.0 Å². The number of carbonyl (C=O) groups is 1. The molecule has 0 unspecified atom stereocenters. The summed E-state index contributed by atoms with van der Waals surface area (Å²) in [6.07, 6.45) is 2.04. The fourth-order valence-electron chi connectivity index (χ4n) is 1.79. The van der Waals surface area contributed by atoms with Crippen molar-refractivity contribution in [2.45, 2.75) is 26.8 Å². The first-order valence-corrected chi connectivity index (χ1v) is 6.73. The number of aromatic amines is 1. The van der Waals surface area contributed by atoms with Crippen molar-refractivity contribution in [1.82, 2.24) is 20.5 Å². The maximum Gasteiger partial charge on any atom is 0.224 e. The lowest BCUT2D eigenvalue weighted by Gasteiger charge is -2.05. The highest BCUT2D eigenvalue weighted by atomic mass is 79.9. The van der Waals surface area contributed by atoms with Gasteiger partial charge in [-0.2, -0.15) is 5.10 Å². The van der Waals surface area contributed by atoms with Crippen molar-refractivity contribution in [2.75, 3.05) is 0 Å². The van der Waals surface area contributed by atoms with Crippen molar-refractivity contribution in [3.8, 4) is 0 Å². The summed E-state index contributed by atoms with van der Waals surface area (Å²) in [5.74, 6) is -0.0330. The Kier molecular flexibility index (Phi) is 4.31. The van der Waals surface area contributed by atoms with E-state index in [4.69, 9.17) is 0 Å². The molecule has 0 aliphatic carbocycles. The third-order valence-electron chi connectivity index (χ3n) is 2.86. The topological polar surface area (TPSA) is 70.7 Å². The molecule has 2 rings (SSSR count). The highest BCUT2D eigenvalue weighted by Crippen LogP contribution is 2.11. The number of carbonyl (C=O) groups excluding carboxylic acids is 1. The number of hydrogen-bond donors (Lipinski definition) is 2. The van der Waals surface area contributed by atoms with Crippen LogP contribution in [-0.2, 0) is 17.8 Å². The largest absolute Gasteiger partial charge is 0.350 e. The molecule has 0 saturated heterocycles. The van der Waals surface area contributed by atoms with E-state index in [-0.39, 0.29) is 5.91 Å². The minimum atomic E-state index is -0.0330. The number of pyridine rings is 1. The normalized spacial score (nSPS) is 10.5. The van der Waals surface area contributed by atoms with Crippen molar-refractivity contribution in [3.05, 3.63) is 45.4 Å². The Morgan fingerprint density at radius 3 is 2.89 bits per heavy atom. The van der Waals surface area contributed by atoms with Crippen LogP contribution in [0.25, 0.3) is 0 Å². The molecule has 0 aromatic carbocycles. The number of nitrogens with zero attached hydrogens (tertiary/aromatic N) is 2. The molecule has 0 bridgehead atoms. The van der Waals surface area contributed by atoms with E-state index in [0.717, 1.165) is 27.1 Å². The fourth-order valence-corrected chi connectivity index (χ4v) is 2.17. The van der Waals surface area contributed by atoms with Crippen molar-refractivity contribution in [1.29, 1.82) is 0 Å². The van der Waals surface area contributed by atoms with E-state index < -0.39 is 0 Å². The van der Waals surface area contributed by atoms with Crippen LogP contribution in [0.3, 0.4) is 0 Å². The Morgan fingerprint density at radius 2 is 2.26 bits per heavy atom. The number of halogens is 1. The van der Waals surface area contributed by atoms with Gasteiger partial charge in [0.05, 0.1) is 24.4 Å². The van der Waals surface area contributed by atoms with Crippen LogP contribution in [0.2, 0.25) is 0 Å². The fraction of sp³-hybridized carbons (Fsp3) is 0.308. The zero-order chi connectivity index (χ0) is 13.8. The second-order valence-electron chi connectivity index (χ2n) is 4.33. The zero-order valence-corrected chi connectivity index (χ0v) is 12.4. The quantitative estimate of drug-likeness (QED) is 0.905. The van der Waals surface area contributed by atoms with Crippen LogP contribution in [0.4, 0.5) is 0 Å². The average molecular weight is 323 g/mol. The van der Waals surface area contributed by atoms with E-state index in [0.29, 0.717) is 13.0 Å². The summed E-state index contributed by atoms with van der Waals surface area (Å²) in [5.41, 5.74) is 3.59. The molecule has 0 saturated carbocycles. The van der Waals surface area contributed by atoms with Crippen LogP contribution < -0.4 is 5.32 Å². The van der Waals surface area contributed by atoms with Gasteiger partial charge in [-0.05, 0) is 26.0 Å². The monoisotopic (exact) mass is 322 g/mol. The second kappa shape index (κ2) is 5.97. The lowest BCUT2D eigenvalue weighted by atomic mass is 10.1. The summed E-state index contributed by atoms with van der Waals surface area (Å²) in [5, 5.41) is 9.81. The lowest BCUT2D eigenvalue weighted by Crippen LogP contribution is -2.25.